The number of amides is 2. The number of nitrogens with one attached hydrogen (secondary N) is 1. The quantitative estimate of drug-likeness (QED) is 0.765. The molecule has 0 bridgehead atoms. The molecule has 1 saturated heterocycles. The van der Waals surface area contributed by atoms with Gasteiger partial charge in [0.05, 0.1) is 12.0 Å². The first-order valence-electron chi connectivity index (χ1n) is 7.42. The highest BCUT2D eigenvalue weighted by atomic mass is 16.3. The second kappa shape index (κ2) is 6.57. The summed E-state index contributed by atoms with van der Waals surface area (Å²) in [6, 6.07) is 0. The normalized spacial score (nSPS) is 21.4. The standard InChI is InChI=1S/C15H28N2O3/c1-6-17-8-11(7-12(17)18)14(20)16-9-15(4,5)13(19)10(2)3/h10-11,13,19H,6-9H2,1-5H3,(H,16,20). The summed E-state index contributed by atoms with van der Waals surface area (Å²) >= 11 is 0. The molecule has 1 rings (SSSR count). The first-order chi connectivity index (χ1) is 9.19. The molecule has 1 heterocycles. The molecule has 2 unspecified atom stereocenters. The number of hydrogen-bond acceptors (Lipinski definition) is 3. The minimum Gasteiger partial charge on any atom is -0.392 e. The number of nitrogens with zero attached hydrogens (tertiary/aromatic N) is 1. The van der Waals surface area contributed by atoms with Gasteiger partial charge in [0, 0.05) is 31.5 Å². The number of rotatable bonds is 6. The van der Waals surface area contributed by atoms with Crippen LogP contribution in [-0.4, -0.2) is 47.6 Å². The van der Waals surface area contributed by atoms with E-state index in [4.69, 9.17) is 0 Å². The SMILES string of the molecule is CCN1CC(C(=O)NCC(C)(C)C(O)C(C)C)CC1=O. The lowest BCUT2D eigenvalue weighted by Crippen LogP contribution is -2.45. The predicted octanol–water partition coefficient (Wildman–Crippen LogP) is 1.01. The molecule has 0 aromatic heterocycles. The summed E-state index contributed by atoms with van der Waals surface area (Å²) in [4.78, 5) is 25.5. The van der Waals surface area contributed by atoms with Gasteiger partial charge in [-0.05, 0) is 12.8 Å². The van der Waals surface area contributed by atoms with Crippen molar-refractivity contribution >= 4 is 11.8 Å². The zero-order valence-electron chi connectivity index (χ0n) is 13.3. The summed E-state index contributed by atoms with van der Waals surface area (Å²) in [6.07, 6.45) is -0.174. The highest BCUT2D eigenvalue weighted by molar-refractivity contribution is 5.89. The number of hydrogen-bond donors (Lipinski definition) is 2. The Bertz CT molecular complexity index is 366. The van der Waals surface area contributed by atoms with Crippen molar-refractivity contribution < 1.29 is 14.7 Å². The van der Waals surface area contributed by atoms with Crippen molar-refractivity contribution in [1.82, 2.24) is 10.2 Å². The van der Waals surface area contributed by atoms with E-state index in [9.17, 15) is 14.7 Å². The van der Waals surface area contributed by atoms with Crippen LogP contribution < -0.4 is 5.32 Å². The van der Waals surface area contributed by atoms with E-state index < -0.39 is 6.10 Å². The lowest BCUT2D eigenvalue weighted by atomic mass is 9.80. The Morgan fingerprint density at radius 2 is 2.10 bits per heavy atom. The minimum absolute atomic E-state index is 0.0501. The van der Waals surface area contributed by atoms with Gasteiger partial charge in [-0.3, -0.25) is 9.59 Å². The van der Waals surface area contributed by atoms with Crippen molar-refractivity contribution in [3.05, 3.63) is 0 Å². The van der Waals surface area contributed by atoms with Crippen LogP contribution in [0.4, 0.5) is 0 Å². The van der Waals surface area contributed by atoms with Gasteiger partial charge in [0.25, 0.3) is 0 Å². The highest BCUT2D eigenvalue weighted by Crippen LogP contribution is 2.25. The van der Waals surface area contributed by atoms with Gasteiger partial charge >= 0.3 is 0 Å². The molecule has 116 valence electrons. The average Bonchev–Trinajstić information content (AvgIpc) is 2.76. The van der Waals surface area contributed by atoms with Crippen LogP contribution in [0.2, 0.25) is 0 Å². The largest absolute Gasteiger partial charge is 0.392 e. The molecule has 1 aliphatic heterocycles. The molecule has 1 aliphatic rings. The van der Waals surface area contributed by atoms with Crippen molar-refractivity contribution in [1.29, 1.82) is 0 Å². The van der Waals surface area contributed by atoms with E-state index >= 15 is 0 Å². The third-order valence-electron chi connectivity index (χ3n) is 4.12. The monoisotopic (exact) mass is 284 g/mol. The van der Waals surface area contributed by atoms with Gasteiger partial charge in [-0.2, -0.15) is 0 Å². The number of likely N-dealkylation sites (tertiary alicyclic amines) is 1. The fraction of sp³-hybridized carbons (Fsp3) is 0.867. The molecule has 0 radical (unpaired) electrons. The molecule has 0 spiro atoms. The molecule has 5 nitrogen and oxygen atoms in total. The van der Waals surface area contributed by atoms with Crippen LogP contribution in [0.1, 0.15) is 41.0 Å². The second-order valence-corrected chi connectivity index (χ2v) is 6.73. The summed E-state index contributed by atoms with van der Waals surface area (Å²) in [5.41, 5.74) is -0.378. The Hall–Kier alpha value is -1.10. The van der Waals surface area contributed by atoms with Gasteiger partial charge in [0.1, 0.15) is 0 Å². The summed E-state index contributed by atoms with van der Waals surface area (Å²) < 4.78 is 0. The van der Waals surface area contributed by atoms with E-state index in [1.54, 1.807) is 4.90 Å². The third-order valence-corrected chi connectivity index (χ3v) is 4.12. The van der Waals surface area contributed by atoms with Crippen LogP contribution in [-0.2, 0) is 9.59 Å². The fourth-order valence-electron chi connectivity index (χ4n) is 2.72. The van der Waals surface area contributed by atoms with Gasteiger partial charge in [-0.1, -0.05) is 27.7 Å². The molecule has 0 aromatic carbocycles. The first kappa shape index (κ1) is 17.0. The third kappa shape index (κ3) is 3.95. The van der Waals surface area contributed by atoms with Gasteiger partial charge in [0.15, 0.2) is 0 Å². The average molecular weight is 284 g/mol. The molecular weight excluding hydrogens is 256 g/mol. The zero-order valence-corrected chi connectivity index (χ0v) is 13.3. The second-order valence-electron chi connectivity index (χ2n) is 6.73. The number of aliphatic hydroxyl groups excluding tert-OH is 1. The smallest absolute Gasteiger partial charge is 0.225 e. The van der Waals surface area contributed by atoms with Crippen LogP contribution in [0.25, 0.3) is 0 Å². The molecule has 1 fully saturated rings. The Morgan fingerprint density at radius 1 is 1.50 bits per heavy atom. The van der Waals surface area contributed by atoms with Crippen molar-refractivity contribution in [2.75, 3.05) is 19.6 Å². The summed E-state index contributed by atoms with van der Waals surface area (Å²) in [7, 11) is 0. The molecule has 0 saturated carbocycles. The van der Waals surface area contributed by atoms with Gasteiger partial charge < -0.3 is 15.3 Å². The van der Waals surface area contributed by atoms with Crippen molar-refractivity contribution in [2.24, 2.45) is 17.3 Å². The predicted molar refractivity (Wildman–Crippen MR) is 78.0 cm³/mol. The molecular formula is C15H28N2O3. The number of aliphatic hydroxyl groups is 1. The van der Waals surface area contributed by atoms with E-state index in [0.717, 1.165) is 0 Å². The summed E-state index contributed by atoms with van der Waals surface area (Å²) in [5.74, 6) is -0.146. The maximum atomic E-state index is 12.1. The van der Waals surface area contributed by atoms with Crippen molar-refractivity contribution in [2.45, 2.75) is 47.1 Å². The lowest BCUT2D eigenvalue weighted by Gasteiger charge is -2.33. The Labute approximate surface area is 121 Å². The molecule has 20 heavy (non-hydrogen) atoms. The van der Waals surface area contributed by atoms with Gasteiger partial charge in [-0.15, -0.1) is 0 Å². The van der Waals surface area contributed by atoms with E-state index in [0.29, 0.717) is 26.1 Å². The van der Waals surface area contributed by atoms with Crippen LogP contribution in [0, 0.1) is 17.3 Å². The van der Waals surface area contributed by atoms with Crippen LogP contribution >= 0.6 is 0 Å². The van der Waals surface area contributed by atoms with Crippen LogP contribution in [0.5, 0.6) is 0 Å². The zero-order chi connectivity index (χ0) is 15.5. The highest BCUT2D eigenvalue weighted by Gasteiger charge is 2.35. The van der Waals surface area contributed by atoms with Crippen molar-refractivity contribution in [3.63, 3.8) is 0 Å². The maximum absolute atomic E-state index is 12.1. The lowest BCUT2D eigenvalue weighted by molar-refractivity contribution is -0.129. The Morgan fingerprint density at radius 3 is 2.55 bits per heavy atom. The maximum Gasteiger partial charge on any atom is 0.225 e. The van der Waals surface area contributed by atoms with E-state index in [-0.39, 0.29) is 29.1 Å². The molecule has 0 aliphatic carbocycles. The first-order valence-corrected chi connectivity index (χ1v) is 7.42. The van der Waals surface area contributed by atoms with Crippen molar-refractivity contribution in [3.8, 4) is 0 Å². The number of carbonyl (C=O) groups excluding carboxylic acids is 2. The molecule has 0 aromatic rings. The van der Waals surface area contributed by atoms with E-state index in [2.05, 4.69) is 5.32 Å². The fourth-order valence-corrected chi connectivity index (χ4v) is 2.72. The van der Waals surface area contributed by atoms with Gasteiger partial charge in [-0.25, -0.2) is 0 Å². The molecule has 2 amide bonds. The Kier molecular flexibility index (Phi) is 5.57. The molecule has 2 atom stereocenters. The van der Waals surface area contributed by atoms with E-state index in [1.165, 1.54) is 0 Å². The van der Waals surface area contributed by atoms with Crippen LogP contribution in [0.15, 0.2) is 0 Å². The molecule has 2 N–H and O–H groups in total. The number of carbonyl (C=O) groups is 2. The van der Waals surface area contributed by atoms with Crippen LogP contribution in [0.3, 0.4) is 0 Å². The van der Waals surface area contributed by atoms with Gasteiger partial charge in [0.2, 0.25) is 11.8 Å². The molecule has 5 heteroatoms. The summed E-state index contributed by atoms with van der Waals surface area (Å²) in [6.45, 7) is 11.3. The Balaban J connectivity index is 2.50. The minimum atomic E-state index is -0.472. The topological polar surface area (TPSA) is 69.6 Å². The van der Waals surface area contributed by atoms with E-state index in [1.807, 2.05) is 34.6 Å². The summed E-state index contributed by atoms with van der Waals surface area (Å²) in [5, 5.41) is 13.0.